The maximum atomic E-state index is 15.0. The molecule has 0 fully saturated rings. The van der Waals surface area contributed by atoms with Crippen LogP contribution in [0.4, 0.5) is 8.78 Å². The van der Waals surface area contributed by atoms with Crippen molar-refractivity contribution >= 4 is 23.5 Å². The summed E-state index contributed by atoms with van der Waals surface area (Å²) in [4.78, 5) is 49.9. The molecular weight excluding hydrogens is 486 g/mol. The molecule has 3 amide bonds. The Hall–Kier alpha value is -2.14. The minimum Gasteiger partial charge on any atom is -0.385 e. The normalized spacial score (nSPS) is 16.4. The monoisotopic (exact) mass is 534 g/mol. The molecular formula is C26H48F2N4O5. The molecule has 9 nitrogen and oxygen atoms in total. The number of Topliss-reactive ketones (excluding diaryl/α,β-unsaturated/α-hetero) is 1. The van der Waals surface area contributed by atoms with Gasteiger partial charge in [-0.2, -0.15) is 0 Å². The van der Waals surface area contributed by atoms with Gasteiger partial charge in [-0.15, -0.1) is 0 Å². The van der Waals surface area contributed by atoms with E-state index >= 15 is 8.78 Å². The SMILES string of the molecule is CC(C)CC(=O)NC(C(=O)NC(CC(C)C)C(O)C(F)(F)CNC(=O)C(C)(N)C(=O)CC(C)C)C(C)C. The molecule has 0 aliphatic rings. The highest BCUT2D eigenvalue weighted by Crippen LogP contribution is 2.24. The Labute approximate surface area is 220 Å². The number of rotatable bonds is 16. The Morgan fingerprint density at radius 1 is 0.865 bits per heavy atom. The van der Waals surface area contributed by atoms with Crippen LogP contribution in [0.25, 0.3) is 0 Å². The van der Waals surface area contributed by atoms with Crippen molar-refractivity contribution in [2.24, 2.45) is 29.4 Å². The van der Waals surface area contributed by atoms with Crippen LogP contribution in [-0.4, -0.2) is 64.8 Å². The van der Waals surface area contributed by atoms with Crippen LogP contribution >= 0.6 is 0 Å². The summed E-state index contributed by atoms with van der Waals surface area (Å²) in [5.41, 5.74) is 3.82. The Morgan fingerprint density at radius 2 is 1.38 bits per heavy atom. The highest BCUT2D eigenvalue weighted by atomic mass is 19.3. The van der Waals surface area contributed by atoms with Crippen LogP contribution in [-0.2, 0) is 19.2 Å². The summed E-state index contributed by atoms with van der Waals surface area (Å²) >= 11 is 0. The van der Waals surface area contributed by atoms with Crippen molar-refractivity contribution in [3.05, 3.63) is 0 Å². The van der Waals surface area contributed by atoms with Gasteiger partial charge in [0.1, 0.15) is 12.1 Å². The molecule has 0 radical (unpaired) electrons. The van der Waals surface area contributed by atoms with Crippen LogP contribution in [0.2, 0.25) is 0 Å². The number of halogens is 2. The Kier molecular flexibility index (Phi) is 13.9. The first-order valence-electron chi connectivity index (χ1n) is 13.0. The molecule has 0 spiro atoms. The van der Waals surface area contributed by atoms with Crippen molar-refractivity contribution in [2.45, 2.75) is 111 Å². The number of amides is 3. The van der Waals surface area contributed by atoms with Crippen molar-refractivity contribution in [3.63, 3.8) is 0 Å². The van der Waals surface area contributed by atoms with Gasteiger partial charge in [-0.05, 0) is 37.0 Å². The summed E-state index contributed by atoms with van der Waals surface area (Å²) in [7, 11) is 0. The molecule has 0 saturated heterocycles. The highest BCUT2D eigenvalue weighted by molar-refractivity contribution is 6.10. The molecule has 0 bridgehead atoms. The number of nitrogens with one attached hydrogen (secondary N) is 3. The third-order valence-electron chi connectivity index (χ3n) is 5.86. The maximum absolute atomic E-state index is 15.0. The summed E-state index contributed by atoms with van der Waals surface area (Å²) in [6, 6.07) is -2.35. The van der Waals surface area contributed by atoms with Gasteiger partial charge in [0.15, 0.2) is 11.3 Å². The second-order valence-corrected chi connectivity index (χ2v) is 11.7. The van der Waals surface area contributed by atoms with E-state index < -0.39 is 53.8 Å². The van der Waals surface area contributed by atoms with Crippen LogP contribution in [0.5, 0.6) is 0 Å². The number of carbonyl (C=O) groups excluding carboxylic acids is 4. The zero-order valence-electron chi connectivity index (χ0n) is 23.8. The van der Waals surface area contributed by atoms with Crippen LogP contribution in [0.15, 0.2) is 0 Å². The fourth-order valence-corrected chi connectivity index (χ4v) is 3.68. The highest BCUT2D eigenvalue weighted by Gasteiger charge is 2.46. The van der Waals surface area contributed by atoms with Crippen molar-refractivity contribution in [1.29, 1.82) is 0 Å². The van der Waals surface area contributed by atoms with Crippen LogP contribution < -0.4 is 21.7 Å². The summed E-state index contributed by atoms with van der Waals surface area (Å²) in [5.74, 6) is -7.06. The first-order valence-corrected chi connectivity index (χ1v) is 13.0. The standard InChI is InChI=1S/C26H48F2N4O5/c1-14(2)10-18(31-23(36)21(17(7)8)32-20(34)12-16(5)6)22(35)26(27,28)13-30-24(37)25(9,29)19(33)11-15(3)4/h14-18,21-22,35H,10-13,29H2,1-9H3,(H,30,37)(H,31,36)(H,32,34). The van der Waals surface area contributed by atoms with Crippen molar-refractivity contribution in [2.75, 3.05) is 6.54 Å². The van der Waals surface area contributed by atoms with Crippen LogP contribution in [0, 0.1) is 23.7 Å². The van der Waals surface area contributed by atoms with Crippen molar-refractivity contribution in [3.8, 4) is 0 Å². The number of hydrogen-bond donors (Lipinski definition) is 5. The Morgan fingerprint density at radius 3 is 1.81 bits per heavy atom. The van der Waals surface area contributed by atoms with Crippen molar-refractivity contribution < 1.29 is 33.1 Å². The van der Waals surface area contributed by atoms with Gasteiger partial charge in [-0.3, -0.25) is 19.2 Å². The largest absolute Gasteiger partial charge is 0.385 e. The molecule has 6 N–H and O–H groups in total. The van der Waals surface area contributed by atoms with Crippen LogP contribution in [0.3, 0.4) is 0 Å². The van der Waals surface area contributed by atoms with E-state index in [1.807, 2.05) is 19.2 Å². The zero-order valence-corrected chi connectivity index (χ0v) is 23.8. The average molecular weight is 535 g/mol. The topological polar surface area (TPSA) is 151 Å². The van der Waals surface area contributed by atoms with Gasteiger partial charge in [0, 0.05) is 12.8 Å². The number of aliphatic hydroxyl groups excluding tert-OH is 1. The Balaban J connectivity index is 5.57. The second-order valence-electron chi connectivity index (χ2n) is 11.7. The minimum absolute atomic E-state index is 0.00660. The van der Waals surface area contributed by atoms with Gasteiger partial charge >= 0.3 is 0 Å². The van der Waals surface area contributed by atoms with Gasteiger partial charge in [-0.1, -0.05) is 55.4 Å². The molecule has 0 aliphatic carbocycles. The molecule has 0 heterocycles. The van der Waals surface area contributed by atoms with E-state index in [2.05, 4.69) is 10.6 Å². The van der Waals surface area contributed by atoms with Gasteiger partial charge in [0.25, 0.3) is 5.92 Å². The van der Waals surface area contributed by atoms with Crippen molar-refractivity contribution in [1.82, 2.24) is 16.0 Å². The van der Waals surface area contributed by atoms with E-state index in [1.54, 1.807) is 41.5 Å². The number of alkyl halides is 2. The molecule has 11 heteroatoms. The maximum Gasteiger partial charge on any atom is 0.292 e. The molecule has 216 valence electrons. The molecule has 0 aromatic rings. The molecule has 0 rings (SSSR count). The second kappa shape index (κ2) is 14.7. The lowest BCUT2D eigenvalue weighted by molar-refractivity contribution is -0.145. The molecule has 4 atom stereocenters. The summed E-state index contributed by atoms with van der Waals surface area (Å²) in [6.07, 6.45) is -2.13. The van der Waals surface area contributed by atoms with E-state index in [4.69, 9.17) is 5.73 Å². The number of hydrogen-bond acceptors (Lipinski definition) is 6. The van der Waals surface area contributed by atoms with Gasteiger partial charge in [0.2, 0.25) is 17.7 Å². The Bertz CT molecular complexity index is 785. The average Bonchev–Trinajstić information content (AvgIpc) is 2.73. The number of aliphatic hydroxyl groups is 1. The third kappa shape index (κ3) is 11.8. The number of nitrogens with two attached hydrogens (primary N) is 1. The minimum atomic E-state index is -3.85. The molecule has 0 aromatic heterocycles. The van der Waals surface area contributed by atoms with E-state index in [1.165, 1.54) is 0 Å². The molecule has 37 heavy (non-hydrogen) atoms. The fourth-order valence-electron chi connectivity index (χ4n) is 3.68. The van der Waals surface area contributed by atoms with Gasteiger partial charge < -0.3 is 26.8 Å². The predicted molar refractivity (Wildman–Crippen MR) is 139 cm³/mol. The summed E-state index contributed by atoms with van der Waals surface area (Å²) < 4.78 is 30.1. The zero-order chi connectivity index (χ0) is 29.3. The quantitative estimate of drug-likeness (QED) is 0.192. The first kappa shape index (κ1) is 34.9. The first-order chi connectivity index (χ1) is 16.7. The third-order valence-corrected chi connectivity index (χ3v) is 5.86. The fraction of sp³-hybridized carbons (Fsp3) is 0.846. The predicted octanol–water partition coefficient (Wildman–Crippen LogP) is 2.15. The molecule has 4 unspecified atom stereocenters. The lowest BCUT2D eigenvalue weighted by Gasteiger charge is -2.33. The van der Waals surface area contributed by atoms with E-state index in [0.717, 1.165) is 6.92 Å². The van der Waals surface area contributed by atoms with E-state index in [9.17, 15) is 24.3 Å². The molecule has 0 aliphatic heterocycles. The lowest BCUT2D eigenvalue weighted by atomic mass is 9.90. The number of carbonyl (C=O) groups is 4. The summed E-state index contributed by atoms with van der Waals surface area (Å²) in [6.45, 7) is 14.0. The number of ketones is 1. The van der Waals surface area contributed by atoms with E-state index in [-0.39, 0.29) is 48.8 Å². The van der Waals surface area contributed by atoms with Crippen LogP contribution in [0.1, 0.15) is 81.6 Å². The smallest absolute Gasteiger partial charge is 0.292 e. The summed E-state index contributed by atoms with van der Waals surface area (Å²) in [5, 5.41) is 17.7. The molecule has 0 aromatic carbocycles. The van der Waals surface area contributed by atoms with Gasteiger partial charge in [0.05, 0.1) is 12.6 Å². The lowest BCUT2D eigenvalue weighted by Crippen LogP contribution is -2.62. The molecule has 0 saturated carbocycles. The van der Waals surface area contributed by atoms with Gasteiger partial charge in [-0.25, -0.2) is 8.78 Å². The van der Waals surface area contributed by atoms with E-state index in [0.29, 0.717) is 0 Å².